The highest BCUT2D eigenvalue weighted by atomic mass is 35.5. The summed E-state index contributed by atoms with van der Waals surface area (Å²) in [7, 11) is 0. The third-order valence-electron chi connectivity index (χ3n) is 1.85. The standard InChI is InChI=1S/C9H9BClF3NO/c11-7-3-1-2-4-8(7)15-9(16)5-6-10(12,13)14/h1-4H,5-6H2,(H,15,16)/q-1. The minimum Gasteiger partial charge on any atom is -0.449 e. The van der Waals surface area contributed by atoms with Crippen LogP contribution in [0.25, 0.3) is 0 Å². The fourth-order valence-corrected chi connectivity index (χ4v) is 1.25. The first-order valence-electron chi connectivity index (χ1n) is 4.64. The number of nitrogens with one attached hydrogen (secondary N) is 1. The van der Waals surface area contributed by atoms with Gasteiger partial charge >= 0.3 is 6.98 Å². The van der Waals surface area contributed by atoms with Crippen molar-refractivity contribution in [2.45, 2.75) is 12.7 Å². The molecule has 88 valence electrons. The Morgan fingerprint density at radius 1 is 1.31 bits per heavy atom. The molecule has 0 saturated heterocycles. The summed E-state index contributed by atoms with van der Waals surface area (Å²) in [5, 5.41) is 2.62. The molecule has 16 heavy (non-hydrogen) atoms. The van der Waals surface area contributed by atoms with Gasteiger partial charge in [-0.25, -0.2) is 0 Å². The van der Waals surface area contributed by atoms with Gasteiger partial charge in [0.05, 0.1) is 10.7 Å². The molecule has 2 nitrogen and oxygen atoms in total. The van der Waals surface area contributed by atoms with Crippen molar-refractivity contribution < 1.29 is 17.7 Å². The number of hydrogen-bond donors (Lipinski definition) is 1. The smallest absolute Gasteiger partial charge is 0.449 e. The molecule has 0 unspecified atom stereocenters. The molecule has 1 N–H and O–H groups in total. The van der Waals surface area contributed by atoms with E-state index in [2.05, 4.69) is 5.32 Å². The molecule has 1 rings (SSSR count). The maximum atomic E-state index is 11.9. The van der Waals surface area contributed by atoms with Gasteiger partial charge in [0.2, 0.25) is 5.91 Å². The number of benzene rings is 1. The van der Waals surface area contributed by atoms with E-state index in [1.54, 1.807) is 18.2 Å². The number of halogens is 4. The van der Waals surface area contributed by atoms with Crippen molar-refractivity contribution >= 4 is 30.2 Å². The summed E-state index contributed by atoms with van der Waals surface area (Å²) in [5.74, 6) is -0.688. The van der Waals surface area contributed by atoms with Crippen LogP contribution < -0.4 is 5.32 Å². The van der Waals surface area contributed by atoms with Crippen molar-refractivity contribution in [1.29, 1.82) is 0 Å². The lowest BCUT2D eigenvalue weighted by molar-refractivity contribution is -0.116. The Hall–Kier alpha value is -1.17. The summed E-state index contributed by atoms with van der Waals surface area (Å²) in [6.45, 7) is -4.92. The fraction of sp³-hybridized carbons (Fsp3) is 0.222. The number of para-hydroxylation sites is 1. The highest BCUT2D eigenvalue weighted by Crippen LogP contribution is 2.22. The van der Waals surface area contributed by atoms with E-state index in [4.69, 9.17) is 11.6 Å². The van der Waals surface area contributed by atoms with E-state index in [9.17, 15) is 17.7 Å². The van der Waals surface area contributed by atoms with E-state index in [-0.39, 0.29) is 0 Å². The molecule has 0 heterocycles. The largest absolute Gasteiger partial charge is 0.478 e. The molecule has 0 bridgehead atoms. The van der Waals surface area contributed by atoms with Crippen molar-refractivity contribution in [3.8, 4) is 0 Å². The molecule has 0 fully saturated rings. The van der Waals surface area contributed by atoms with E-state index < -0.39 is 25.6 Å². The second-order valence-corrected chi connectivity index (χ2v) is 3.68. The third kappa shape index (κ3) is 4.57. The van der Waals surface area contributed by atoms with Crippen molar-refractivity contribution in [3.05, 3.63) is 29.3 Å². The number of anilines is 1. The van der Waals surface area contributed by atoms with Gasteiger partial charge in [0.15, 0.2) is 0 Å². The second-order valence-electron chi connectivity index (χ2n) is 3.28. The highest BCUT2D eigenvalue weighted by Gasteiger charge is 2.23. The first-order valence-corrected chi connectivity index (χ1v) is 5.01. The average Bonchev–Trinajstić information content (AvgIpc) is 2.18. The van der Waals surface area contributed by atoms with E-state index in [1.165, 1.54) is 6.07 Å². The van der Waals surface area contributed by atoms with Crippen molar-refractivity contribution in [2.75, 3.05) is 5.32 Å². The van der Waals surface area contributed by atoms with Gasteiger partial charge in [-0.1, -0.05) is 30.1 Å². The van der Waals surface area contributed by atoms with Crippen LogP contribution in [0.5, 0.6) is 0 Å². The summed E-state index contributed by atoms with van der Waals surface area (Å²) in [6.07, 6.45) is -1.65. The third-order valence-corrected chi connectivity index (χ3v) is 2.18. The van der Waals surface area contributed by atoms with Gasteiger partial charge < -0.3 is 18.3 Å². The normalized spacial score (nSPS) is 11.2. The zero-order chi connectivity index (χ0) is 12.2. The summed E-state index contributed by atoms with van der Waals surface area (Å²) in [6, 6.07) is 6.37. The van der Waals surface area contributed by atoms with E-state index >= 15 is 0 Å². The van der Waals surface area contributed by atoms with Gasteiger partial charge in [-0.2, -0.15) is 0 Å². The highest BCUT2D eigenvalue weighted by molar-refractivity contribution is 6.58. The van der Waals surface area contributed by atoms with Crippen LogP contribution in [0, 0.1) is 0 Å². The van der Waals surface area contributed by atoms with Gasteiger partial charge in [0, 0.05) is 6.42 Å². The summed E-state index contributed by atoms with van der Waals surface area (Å²) >= 11 is 5.73. The Labute approximate surface area is 95.8 Å². The molecular weight excluding hydrogens is 241 g/mol. The Balaban J connectivity index is 2.50. The van der Waals surface area contributed by atoms with Crippen LogP contribution in [0.15, 0.2) is 24.3 Å². The molecule has 7 heteroatoms. The Bertz CT molecular complexity index is 383. The molecule has 0 aliphatic heterocycles. The van der Waals surface area contributed by atoms with Crippen LogP contribution in [0.4, 0.5) is 18.6 Å². The van der Waals surface area contributed by atoms with Crippen LogP contribution in [0.3, 0.4) is 0 Å². The molecule has 0 aliphatic carbocycles. The second kappa shape index (κ2) is 5.25. The summed E-state index contributed by atoms with van der Waals surface area (Å²) in [5.41, 5.74) is 0.323. The quantitative estimate of drug-likeness (QED) is 0.814. The Morgan fingerprint density at radius 3 is 2.50 bits per heavy atom. The monoisotopic (exact) mass is 250 g/mol. The van der Waals surface area contributed by atoms with Crippen LogP contribution in [0.1, 0.15) is 6.42 Å². The van der Waals surface area contributed by atoms with Crippen LogP contribution in [-0.2, 0) is 4.79 Å². The lowest BCUT2D eigenvalue weighted by Crippen LogP contribution is -2.19. The van der Waals surface area contributed by atoms with Gasteiger partial charge in [-0.3, -0.25) is 4.79 Å². The summed E-state index contributed by atoms with van der Waals surface area (Å²) < 4.78 is 35.7. The van der Waals surface area contributed by atoms with Crippen LogP contribution in [0.2, 0.25) is 11.3 Å². The molecule has 1 aromatic carbocycles. The maximum absolute atomic E-state index is 11.9. The molecule has 0 aliphatic rings. The number of amides is 1. The van der Waals surface area contributed by atoms with Crippen molar-refractivity contribution in [2.24, 2.45) is 0 Å². The molecular formula is C9H9BClF3NO-. The Morgan fingerprint density at radius 2 is 1.94 bits per heavy atom. The molecule has 0 spiro atoms. The van der Waals surface area contributed by atoms with Crippen molar-refractivity contribution in [3.63, 3.8) is 0 Å². The zero-order valence-electron chi connectivity index (χ0n) is 8.22. The SMILES string of the molecule is O=C(CC[B-](F)(F)F)Nc1ccccc1Cl. The lowest BCUT2D eigenvalue weighted by atomic mass is 9.84. The predicted octanol–water partition coefficient (Wildman–Crippen LogP) is 3.52. The molecule has 1 aromatic rings. The number of carbonyl (C=O) groups is 1. The van der Waals surface area contributed by atoms with Crippen molar-refractivity contribution in [1.82, 2.24) is 0 Å². The number of rotatable bonds is 4. The molecule has 0 saturated carbocycles. The average molecular weight is 250 g/mol. The Kier molecular flexibility index (Phi) is 4.23. The molecule has 1 amide bonds. The van der Waals surface area contributed by atoms with Gasteiger partial charge in [-0.05, 0) is 12.1 Å². The first-order chi connectivity index (χ1) is 7.38. The van der Waals surface area contributed by atoms with Gasteiger partial charge in [0.25, 0.3) is 0 Å². The van der Waals surface area contributed by atoms with E-state index in [0.717, 1.165) is 0 Å². The maximum Gasteiger partial charge on any atom is 0.478 e. The minimum atomic E-state index is -4.92. The predicted molar refractivity (Wildman–Crippen MR) is 58.6 cm³/mol. The number of carbonyl (C=O) groups excluding carboxylic acids is 1. The first kappa shape index (κ1) is 12.9. The minimum absolute atomic E-state index is 0.299. The number of hydrogen-bond acceptors (Lipinski definition) is 1. The molecule has 0 radical (unpaired) electrons. The van der Waals surface area contributed by atoms with Crippen LogP contribution >= 0.6 is 11.6 Å². The molecule has 0 atom stereocenters. The van der Waals surface area contributed by atoms with E-state index in [0.29, 0.717) is 10.7 Å². The van der Waals surface area contributed by atoms with Gasteiger partial charge in [-0.15, -0.1) is 0 Å². The lowest BCUT2D eigenvalue weighted by Gasteiger charge is -2.13. The molecule has 0 aromatic heterocycles. The van der Waals surface area contributed by atoms with Gasteiger partial charge in [0.1, 0.15) is 0 Å². The summed E-state index contributed by atoms with van der Waals surface area (Å²) in [4.78, 5) is 11.2. The topological polar surface area (TPSA) is 29.1 Å². The zero-order valence-corrected chi connectivity index (χ0v) is 8.98. The fourth-order valence-electron chi connectivity index (χ4n) is 1.07. The van der Waals surface area contributed by atoms with E-state index in [1.807, 2.05) is 0 Å². The van der Waals surface area contributed by atoms with Crippen LogP contribution in [-0.4, -0.2) is 12.9 Å².